The second kappa shape index (κ2) is 11.7. The molecule has 8 heteroatoms. The molecule has 1 aromatic rings. The van der Waals surface area contributed by atoms with Crippen LogP contribution in [-0.2, 0) is 14.3 Å². The monoisotopic (exact) mass is 361 g/mol. The van der Waals surface area contributed by atoms with Crippen molar-refractivity contribution in [1.29, 1.82) is 0 Å². The van der Waals surface area contributed by atoms with Gasteiger partial charge in [-0.05, 0) is 45.0 Å². The lowest BCUT2D eigenvalue weighted by Crippen LogP contribution is -2.38. The van der Waals surface area contributed by atoms with Crippen LogP contribution in [0.1, 0.15) is 20.8 Å². The molecular formula is C16H24ClNO6. The van der Waals surface area contributed by atoms with E-state index in [4.69, 9.17) is 40.9 Å². The highest BCUT2D eigenvalue weighted by molar-refractivity contribution is 6.30. The molecule has 0 saturated heterocycles. The fourth-order valence-electron chi connectivity index (χ4n) is 1.35. The molecule has 3 N–H and O–H groups in total. The fraction of sp³-hybridized carbons (Fsp3) is 0.500. The molecule has 0 amide bonds. The van der Waals surface area contributed by atoms with Gasteiger partial charge in [-0.3, -0.25) is 0 Å². The number of benzene rings is 1. The van der Waals surface area contributed by atoms with Crippen LogP contribution in [0, 0.1) is 0 Å². The zero-order valence-electron chi connectivity index (χ0n) is 14.0. The molecule has 0 aliphatic rings. The van der Waals surface area contributed by atoms with Crippen LogP contribution in [0.15, 0.2) is 24.3 Å². The minimum absolute atomic E-state index is 0.142. The van der Waals surface area contributed by atoms with Crippen LogP contribution >= 0.6 is 11.6 Å². The topological polar surface area (TPSA) is 105 Å². The molecule has 0 atom stereocenters. The van der Waals surface area contributed by atoms with E-state index in [1.165, 1.54) is 0 Å². The van der Waals surface area contributed by atoms with Crippen LogP contribution in [0.5, 0.6) is 5.75 Å². The maximum Gasteiger partial charge on any atom is 0.414 e. The van der Waals surface area contributed by atoms with E-state index in [-0.39, 0.29) is 5.54 Å². The lowest BCUT2D eigenvalue weighted by atomic mass is 10.1. The number of aliphatic carboxylic acids is 2. The standard InChI is InChI=1S/C14H22ClNO2.C2H2O4/c1-14(2,3)16-8-9-17-10-11-18-13-6-4-12(15)5-7-13;3-1(4)2(5)6/h4-7,16H,8-11H2,1-3H3;(H,3,4)(H,5,6). The Morgan fingerprint density at radius 3 is 2.04 bits per heavy atom. The summed E-state index contributed by atoms with van der Waals surface area (Å²) in [4.78, 5) is 18.2. The van der Waals surface area contributed by atoms with Crippen molar-refractivity contribution in [1.82, 2.24) is 5.32 Å². The Morgan fingerprint density at radius 2 is 1.58 bits per heavy atom. The maximum absolute atomic E-state index is 9.10. The summed E-state index contributed by atoms with van der Waals surface area (Å²) >= 11 is 5.78. The first kappa shape index (κ1) is 22.2. The van der Waals surface area contributed by atoms with Gasteiger partial charge in [0, 0.05) is 17.1 Å². The minimum Gasteiger partial charge on any atom is -0.491 e. The predicted octanol–water partition coefficient (Wildman–Crippen LogP) is 2.28. The first-order chi connectivity index (χ1) is 11.1. The summed E-state index contributed by atoms with van der Waals surface area (Å²) in [6.45, 7) is 9.10. The summed E-state index contributed by atoms with van der Waals surface area (Å²) in [7, 11) is 0. The van der Waals surface area contributed by atoms with Crippen molar-refractivity contribution < 1.29 is 29.3 Å². The lowest BCUT2D eigenvalue weighted by Gasteiger charge is -2.20. The van der Waals surface area contributed by atoms with Gasteiger partial charge in [-0.2, -0.15) is 0 Å². The molecule has 24 heavy (non-hydrogen) atoms. The number of carbonyl (C=O) groups is 2. The molecule has 0 spiro atoms. The van der Waals surface area contributed by atoms with Crippen LogP contribution in [0.25, 0.3) is 0 Å². The van der Waals surface area contributed by atoms with E-state index in [1.807, 2.05) is 24.3 Å². The van der Waals surface area contributed by atoms with Crippen LogP contribution in [0.2, 0.25) is 5.02 Å². The van der Waals surface area contributed by atoms with Crippen molar-refractivity contribution in [2.45, 2.75) is 26.3 Å². The summed E-state index contributed by atoms with van der Waals surface area (Å²) in [6, 6.07) is 7.32. The summed E-state index contributed by atoms with van der Waals surface area (Å²) in [5, 5.41) is 18.9. The van der Waals surface area contributed by atoms with Gasteiger partial charge >= 0.3 is 11.9 Å². The van der Waals surface area contributed by atoms with E-state index in [0.29, 0.717) is 24.8 Å². The Bertz CT molecular complexity index is 486. The van der Waals surface area contributed by atoms with Gasteiger partial charge in [-0.25, -0.2) is 9.59 Å². The molecule has 0 radical (unpaired) electrons. The van der Waals surface area contributed by atoms with Gasteiger partial charge in [0.25, 0.3) is 0 Å². The third kappa shape index (κ3) is 13.8. The molecule has 0 fully saturated rings. The summed E-state index contributed by atoms with van der Waals surface area (Å²) in [5.74, 6) is -2.83. The number of ether oxygens (including phenoxy) is 2. The van der Waals surface area contributed by atoms with Crippen LogP contribution < -0.4 is 10.1 Å². The first-order valence-electron chi connectivity index (χ1n) is 7.29. The normalized spacial score (nSPS) is 10.5. The van der Waals surface area contributed by atoms with Crippen LogP contribution in [-0.4, -0.2) is 54.1 Å². The fourth-order valence-corrected chi connectivity index (χ4v) is 1.48. The Morgan fingerprint density at radius 1 is 1.04 bits per heavy atom. The molecule has 0 saturated carbocycles. The van der Waals surface area contributed by atoms with Crippen molar-refractivity contribution >= 4 is 23.5 Å². The Kier molecular flexibility index (Phi) is 10.8. The zero-order valence-corrected chi connectivity index (χ0v) is 14.8. The molecule has 0 aliphatic heterocycles. The summed E-state index contributed by atoms with van der Waals surface area (Å²) in [5.41, 5.74) is 0.142. The highest BCUT2D eigenvalue weighted by Gasteiger charge is 2.07. The van der Waals surface area contributed by atoms with E-state index in [9.17, 15) is 0 Å². The van der Waals surface area contributed by atoms with E-state index in [0.717, 1.165) is 12.3 Å². The molecule has 136 valence electrons. The van der Waals surface area contributed by atoms with Crippen LogP contribution in [0.4, 0.5) is 0 Å². The van der Waals surface area contributed by atoms with Crippen molar-refractivity contribution in [3.63, 3.8) is 0 Å². The van der Waals surface area contributed by atoms with Crippen molar-refractivity contribution in [2.75, 3.05) is 26.4 Å². The number of halogens is 1. The predicted molar refractivity (Wildman–Crippen MR) is 90.8 cm³/mol. The van der Waals surface area contributed by atoms with Gasteiger partial charge in [0.2, 0.25) is 0 Å². The largest absolute Gasteiger partial charge is 0.491 e. The molecule has 0 bridgehead atoms. The second-order valence-electron chi connectivity index (χ2n) is 5.70. The number of nitrogens with one attached hydrogen (secondary N) is 1. The molecule has 0 aliphatic carbocycles. The average molecular weight is 362 g/mol. The molecule has 0 aromatic heterocycles. The van der Waals surface area contributed by atoms with Crippen molar-refractivity contribution in [2.24, 2.45) is 0 Å². The molecule has 0 heterocycles. The van der Waals surface area contributed by atoms with Crippen molar-refractivity contribution in [3.05, 3.63) is 29.3 Å². The molecule has 1 aromatic carbocycles. The first-order valence-corrected chi connectivity index (χ1v) is 7.67. The Hall–Kier alpha value is -1.83. The lowest BCUT2D eigenvalue weighted by molar-refractivity contribution is -0.159. The van der Waals surface area contributed by atoms with Gasteiger partial charge in [-0.1, -0.05) is 11.6 Å². The third-order valence-corrected chi connectivity index (χ3v) is 2.65. The molecule has 7 nitrogen and oxygen atoms in total. The molecule has 1 rings (SSSR count). The van der Waals surface area contributed by atoms with Gasteiger partial charge in [0.15, 0.2) is 0 Å². The number of carboxylic acids is 2. The number of hydrogen-bond acceptors (Lipinski definition) is 5. The smallest absolute Gasteiger partial charge is 0.414 e. The quantitative estimate of drug-likeness (QED) is 0.505. The molecular weight excluding hydrogens is 338 g/mol. The van der Waals surface area contributed by atoms with Gasteiger partial charge in [0.05, 0.1) is 13.2 Å². The van der Waals surface area contributed by atoms with E-state index in [2.05, 4.69) is 26.1 Å². The van der Waals surface area contributed by atoms with Gasteiger partial charge < -0.3 is 25.0 Å². The minimum atomic E-state index is -1.82. The summed E-state index contributed by atoms with van der Waals surface area (Å²) < 4.78 is 11.0. The SMILES string of the molecule is CC(C)(C)NCCOCCOc1ccc(Cl)cc1.O=C(O)C(=O)O. The van der Waals surface area contributed by atoms with Gasteiger partial charge in [-0.15, -0.1) is 0 Å². The third-order valence-electron chi connectivity index (χ3n) is 2.39. The Balaban J connectivity index is 0.000000754. The van der Waals surface area contributed by atoms with Crippen LogP contribution in [0.3, 0.4) is 0 Å². The maximum atomic E-state index is 9.10. The zero-order chi connectivity index (χ0) is 18.6. The van der Waals surface area contributed by atoms with Gasteiger partial charge in [0.1, 0.15) is 12.4 Å². The van der Waals surface area contributed by atoms with E-state index < -0.39 is 11.9 Å². The second-order valence-corrected chi connectivity index (χ2v) is 6.14. The number of hydrogen-bond donors (Lipinski definition) is 3. The summed E-state index contributed by atoms with van der Waals surface area (Å²) in [6.07, 6.45) is 0. The van der Waals surface area contributed by atoms with E-state index >= 15 is 0 Å². The molecule has 0 unspecified atom stereocenters. The number of rotatable bonds is 7. The highest BCUT2D eigenvalue weighted by atomic mass is 35.5. The van der Waals surface area contributed by atoms with E-state index in [1.54, 1.807) is 0 Å². The highest BCUT2D eigenvalue weighted by Crippen LogP contribution is 2.15. The number of carboxylic acid groups (broad SMARTS) is 2. The Labute approximate surface area is 146 Å². The van der Waals surface area contributed by atoms with Crippen molar-refractivity contribution in [3.8, 4) is 5.75 Å². The average Bonchev–Trinajstić information content (AvgIpc) is 2.47.